The second-order valence-electron chi connectivity index (χ2n) is 9.34. The van der Waals surface area contributed by atoms with E-state index < -0.39 is 47.9 Å². The van der Waals surface area contributed by atoms with Crippen LogP contribution in [-0.4, -0.2) is 62.9 Å². The first kappa shape index (κ1) is 30.1. The Morgan fingerprint density at radius 1 is 0.886 bits per heavy atom. The topological polar surface area (TPSA) is 179 Å². The number of nitrogens with zero attached hydrogens (tertiary/aromatic N) is 1. The molecule has 1 aromatic rings. The minimum atomic E-state index is -1.13. The molecule has 0 bridgehead atoms. The monoisotopic (exact) mass is 494 g/mol. The zero-order valence-corrected chi connectivity index (χ0v) is 21.6. The van der Waals surface area contributed by atoms with Crippen molar-refractivity contribution in [2.75, 3.05) is 0 Å². The SMILES string of the molecule is CCC(C)C(N)C(=O)NC(Cc1cnc[nH]1)C(=O)NC(C(=O)NC(C(=O)O)C(C)CC)C(C)CC. The molecular formula is C24H42N6O5. The summed E-state index contributed by atoms with van der Waals surface area (Å²) in [5.41, 5.74) is 6.67. The molecule has 7 N–H and O–H groups in total. The van der Waals surface area contributed by atoms with E-state index >= 15 is 0 Å². The summed E-state index contributed by atoms with van der Waals surface area (Å²) in [5.74, 6) is -3.41. The maximum atomic E-state index is 13.3. The van der Waals surface area contributed by atoms with Gasteiger partial charge in [0.25, 0.3) is 0 Å². The highest BCUT2D eigenvalue weighted by atomic mass is 16.4. The number of hydrogen-bond acceptors (Lipinski definition) is 6. The fourth-order valence-electron chi connectivity index (χ4n) is 3.49. The molecule has 1 aromatic heterocycles. The van der Waals surface area contributed by atoms with Crippen LogP contribution in [0.3, 0.4) is 0 Å². The molecule has 0 aliphatic carbocycles. The van der Waals surface area contributed by atoms with Crippen LogP contribution in [0.25, 0.3) is 0 Å². The highest BCUT2D eigenvalue weighted by molar-refractivity contribution is 5.94. The number of carbonyl (C=O) groups is 4. The molecule has 0 saturated carbocycles. The van der Waals surface area contributed by atoms with Crippen LogP contribution in [0.1, 0.15) is 66.5 Å². The van der Waals surface area contributed by atoms with E-state index in [1.54, 1.807) is 20.0 Å². The summed E-state index contributed by atoms with van der Waals surface area (Å²) in [6, 6.07) is -3.87. The van der Waals surface area contributed by atoms with E-state index in [0.29, 0.717) is 25.0 Å². The molecule has 0 spiro atoms. The normalized spacial score (nSPS) is 17.2. The first-order valence-corrected chi connectivity index (χ1v) is 12.3. The molecule has 0 saturated heterocycles. The minimum Gasteiger partial charge on any atom is -0.480 e. The molecule has 0 aromatic carbocycles. The number of nitrogens with two attached hydrogens (primary N) is 1. The number of imidazole rings is 1. The predicted molar refractivity (Wildman–Crippen MR) is 132 cm³/mol. The summed E-state index contributed by atoms with van der Waals surface area (Å²) in [6.45, 7) is 11.0. The lowest BCUT2D eigenvalue weighted by Crippen LogP contribution is -2.60. The van der Waals surface area contributed by atoms with Gasteiger partial charge in [0.1, 0.15) is 18.1 Å². The van der Waals surface area contributed by atoms with Gasteiger partial charge >= 0.3 is 5.97 Å². The lowest BCUT2D eigenvalue weighted by molar-refractivity contribution is -0.144. The fraction of sp³-hybridized carbons (Fsp3) is 0.708. The van der Waals surface area contributed by atoms with E-state index in [2.05, 4.69) is 25.9 Å². The molecule has 7 atom stereocenters. The average molecular weight is 495 g/mol. The number of aliphatic carboxylic acids is 1. The van der Waals surface area contributed by atoms with E-state index in [9.17, 15) is 24.3 Å². The standard InChI is InChI=1S/C24H42N6O5/c1-7-13(4)18(25)22(32)28-17(10-16-11-26-12-27-16)21(31)29-19(14(5)8-2)23(33)30-20(24(34)35)15(6)9-3/h11-15,17-20H,7-10,25H2,1-6H3,(H,26,27)(H,28,32)(H,29,31)(H,30,33)(H,34,35). The van der Waals surface area contributed by atoms with Crippen molar-refractivity contribution in [2.45, 2.75) is 91.4 Å². The van der Waals surface area contributed by atoms with Gasteiger partial charge in [-0.1, -0.05) is 60.8 Å². The molecule has 198 valence electrons. The van der Waals surface area contributed by atoms with E-state index in [1.807, 2.05) is 27.7 Å². The van der Waals surface area contributed by atoms with Crippen molar-refractivity contribution in [3.8, 4) is 0 Å². The number of hydrogen-bond donors (Lipinski definition) is 6. The first-order valence-electron chi connectivity index (χ1n) is 12.3. The van der Waals surface area contributed by atoms with Crippen molar-refractivity contribution in [3.05, 3.63) is 18.2 Å². The van der Waals surface area contributed by atoms with Crippen LogP contribution >= 0.6 is 0 Å². The number of carbonyl (C=O) groups excluding carboxylic acids is 3. The van der Waals surface area contributed by atoms with Crippen molar-refractivity contribution < 1.29 is 24.3 Å². The van der Waals surface area contributed by atoms with Gasteiger partial charge in [-0.05, 0) is 17.8 Å². The van der Waals surface area contributed by atoms with Crippen molar-refractivity contribution in [2.24, 2.45) is 23.5 Å². The molecule has 11 heteroatoms. The maximum absolute atomic E-state index is 13.3. The highest BCUT2D eigenvalue weighted by Crippen LogP contribution is 2.13. The third kappa shape index (κ3) is 8.97. The number of nitrogens with one attached hydrogen (secondary N) is 4. The molecule has 1 rings (SSSR count). The summed E-state index contributed by atoms with van der Waals surface area (Å²) in [7, 11) is 0. The predicted octanol–water partition coefficient (Wildman–Crippen LogP) is 0.957. The van der Waals surface area contributed by atoms with Gasteiger partial charge in [0.15, 0.2) is 0 Å². The minimum absolute atomic E-state index is 0.0852. The van der Waals surface area contributed by atoms with E-state index in [1.165, 1.54) is 6.33 Å². The molecule has 35 heavy (non-hydrogen) atoms. The molecule has 0 aliphatic rings. The lowest BCUT2D eigenvalue weighted by atomic mass is 9.95. The van der Waals surface area contributed by atoms with Crippen LogP contribution in [0.5, 0.6) is 0 Å². The van der Waals surface area contributed by atoms with Crippen molar-refractivity contribution in [3.63, 3.8) is 0 Å². The van der Waals surface area contributed by atoms with Gasteiger partial charge in [-0.3, -0.25) is 14.4 Å². The zero-order chi connectivity index (χ0) is 26.7. The van der Waals surface area contributed by atoms with Gasteiger partial charge in [0.2, 0.25) is 17.7 Å². The number of H-pyrrole nitrogens is 1. The van der Waals surface area contributed by atoms with Crippen LogP contribution in [0, 0.1) is 17.8 Å². The first-order chi connectivity index (χ1) is 16.5. The Bertz CT molecular complexity index is 830. The average Bonchev–Trinajstić information content (AvgIpc) is 3.35. The van der Waals surface area contributed by atoms with E-state index in [4.69, 9.17) is 5.73 Å². The summed E-state index contributed by atoms with van der Waals surface area (Å²) < 4.78 is 0. The van der Waals surface area contributed by atoms with Crippen LogP contribution in [0.4, 0.5) is 0 Å². The van der Waals surface area contributed by atoms with Crippen LogP contribution in [0.2, 0.25) is 0 Å². The Morgan fingerprint density at radius 3 is 1.91 bits per heavy atom. The molecule has 0 aliphatic heterocycles. The Hall–Kier alpha value is -2.95. The molecule has 11 nitrogen and oxygen atoms in total. The Kier molecular flexibility index (Phi) is 12.4. The number of amides is 3. The van der Waals surface area contributed by atoms with Gasteiger partial charge < -0.3 is 31.8 Å². The number of aromatic nitrogens is 2. The third-order valence-electron chi connectivity index (χ3n) is 6.74. The molecule has 0 fully saturated rings. The van der Waals surface area contributed by atoms with Crippen LogP contribution in [0.15, 0.2) is 12.5 Å². The molecular weight excluding hydrogens is 452 g/mol. The second kappa shape index (κ2) is 14.4. The van der Waals surface area contributed by atoms with Crippen molar-refractivity contribution in [1.29, 1.82) is 0 Å². The highest BCUT2D eigenvalue weighted by Gasteiger charge is 2.34. The van der Waals surface area contributed by atoms with Gasteiger partial charge in [-0.25, -0.2) is 9.78 Å². The molecule has 3 amide bonds. The van der Waals surface area contributed by atoms with Crippen LogP contribution in [-0.2, 0) is 25.6 Å². The summed E-state index contributed by atoms with van der Waals surface area (Å²) in [4.78, 5) is 57.7. The number of carboxylic acids is 1. The number of carboxylic acid groups (broad SMARTS) is 1. The van der Waals surface area contributed by atoms with Gasteiger partial charge in [0.05, 0.1) is 12.4 Å². The lowest BCUT2D eigenvalue weighted by Gasteiger charge is -2.29. The third-order valence-corrected chi connectivity index (χ3v) is 6.74. The number of rotatable bonds is 15. The Labute approximate surface area is 207 Å². The molecule has 0 radical (unpaired) electrons. The molecule has 1 heterocycles. The Balaban J connectivity index is 3.12. The van der Waals surface area contributed by atoms with Crippen molar-refractivity contribution in [1.82, 2.24) is 25.9 Å². The summed E-state index contributed by atoms with van der Waals surface area (Å²) >= 11 is 0. The van der Waals surface area contributed by atoms with Gasteiger partial charge in [0, 0.05) is 18.3 Å². The van der Waals surface area contributed by atoms with Gasteiger partial charge in [-0.15, -0.1) is 0 Å². The number of aromatic amines is 1. The smallest absolute Gasteiger partial charge is 0.326 e. The maximum Gasteiger partial charge on any atom is 0.326 e. The Morgan fingerprint density at radius 2 is 1.43 bits per heavy atom. The van der Waals surface area contributed by atoms with E-state index in [0.717, 1.165) is 0 Å². The second-order valence-corrected chi connectivity index (χ2v) is 9.34. The summed E-state index contributed by atoms with van der Waals surface area (Å²) in [6.07, 6.45) is 4.95. The van der Waals surface area contributed by atoms with Crippen LogP contribution < -0.4 is 21.7 Å². The zero-order valence-electron chi connectivity index (χ0n) is 21.6. The van der Waals surface area contributed by atoms with Crippen molar-refractivity contribution >= 4 is 23.7 Å². The fourth-order valence-corrected chi connectivity index (χ4v) is 3.49. The quantitative estimate of drug-likeness (QED) is 0.210. The molecule has 7 unspecified atom stereocenters. The van der Waals surface area contributed by atoms with Gasteiger partial charge in [-0.2, -0.15) is 0 Å². The summed E-state index contributed by atoms with van der Waals surface area (Å²) in [5, 5.41) is 17.6. The largest absolute Gasteiger partial charge is 0.480 e. The van der Waals surface area contributed by atoms with E-state index in [-0.39, 0.29) is 24.2 Å².